The molecule has 0 saturated carbocycles. The van der Waals surface area contributed by atoms with E-state index in [-0.39, 0.29) is 0 Å². The molecule has 3 rings (SSSR count). The highest BCUT2D eigenvalue weighted by atomic mass is 15.1. The fraction of sp³-hybridized carbons (Fsp3) is 0.0667. The number of hydrogen-bond donors (Lipinski definition) is 2. The molecule has 3 heterocycles. The summed E-state index contributed by atoms with van der Waals surface area (Å²) in [6.45, 7) is 0. The van der Waals surface area contributed by atoms with Crippen molar-refractivity contribution < 1.29 is 0 Å². The highest BCUT2D eigenvalue weighted by Gasteiger charge is 2.02. The second-order valence-corrected chi connectivity index (χ2v) is 4.33. The van der Waals surface area contributed by atoms with Crippen molar-refractivity contribution in [2.75, 3.05) is 17.7 Å². The maximum atomic E-state index is 4.39. The monoisotopic (exact) mass is 278 g/mol. The molecule has 0 spiro atoms. The van der Waals surface area contributed by atoms with Gasteiger partial charge in [-0.3, -0.25) is 4.98 Å². The first-order chi connectivity index (χ1) is 10.3. The van der Waals surface area contributed by atoms with Crippen LogP contribution in [-0.4, -0.2) is 27.0 Å². The summed E-state index contributed by atoms with van der Waals surface area (Å²) in [5.41, 5.74) is 2.09. The van der Waals surface area contributed by atoms with Crippen molar-refractivity contribution in [2.45, 2.75) is 0 Å². The number of anilines is 3. The van der Waals surface area contributed by atoms with E-state index < -0.39 is 0 Å². The quantitative estimate of drug-likeness (QED) is 0.764. The molecular formula is C15H14N6. The van der Waals surface area contributed by atoms with Crippen LogP contribution in [0.15, 0.2) is 55.2 Å². The van der Waals surface area contributed by atoms with Crippen LogP contribution in [0.5, 0.6) is 0 Å². The van der Waals surface area contributed by atoms with Crippen molar-refractivity contribution in [3.8, 4) is 11.1 Å². The predicted molar refractivity (Wildman–Crippen MR) is 82.3 cm³/mol. The molecule has 6 heteroatoms. The van der Waals surface area contributed by atoms with Crippen LogP contribution in [0.1, 0.15) is 0 Å². The minimum absolute atomic E-state index is 0.666. The summed E-state index contributed by atoms with van der Waals surface area (Å²) in [5.74, 6) is 2.22. The first-order valence-electron chi connectivity index (χ1n) is 6.48. The van der Waals surface area contributed by atoms with Gasteiger partial charge in [0.1, 0.15) is 17.5 Å². The lowest BCUT2D eigenvalue weighted by Crippen LogP contribution is -1.96. The van der Waals surface area contributed by atoms with Crippen molar-refractivity contribution in [3.05, 3.63) is 55.2 Å². The van der Waals surface area contributed by atoms with E-state index in [1.807, 2.05) is 37.5 Å². The number of nitrogens with one attached hydrogen (secondary N) is 2. The molecule has 0 atom stereocenters. The molecule has 3 aromatic rings. The van der Waals surface area contributed by atoms with Crippen LogP contribution in [0, 0.1) is 0 Å². The smallest absolute Gasteiger partial charge is 0.150 e. The number of pyridine rings is 2. The lowest BCUT2D eigenvalue weighted by molar-refractivity contribution is 1.18. The molecule has 0 aliphatic carbocycles. The molecule has 0 aliphatic heterocycles. The largest absolute Gasteiger partial charge is 0.373 e. The molecule has 0 amide bonds. The van der Waals surface area contributed by atoms with Gasteiger partial charge in [-0.15, -0.1) is 0 Å². The van der Waals surface area contributed by atoms with Gasteiger partial charge >= 0.3 is 0 Å². The van der Waals surface area contributed by atoms with Gasteiger partial charge in [-0.1, -0.05) is 0 Å². The van der Waals surface area contributed by atoms with Crippen molar-refractivity contribution in [1.29, 1.82) is 0 Å². The van der Waals surface area contributed by atoms with Crippen molar-refractivity contribution >= 4 is 17.5 Å². The second kappa shape index (κ2) is 5.96. The van der Waals surface area contributed by atoms with E-state index in [0.29, 0.717) is 5.82 Å². The van der Waals surface area contributed by atoms with E-state index in [9.17, 15) is 0 Å². The minimum atomic E-state index is 0.666. The summed E-state index contributed by atoms with van der Waals surface area (Å²) in [4.78, 5) is 16.7. The number of rotatable bonds is 4. The van der Waals surface area contributed by atoms with E-state index in [2.05, 4.69) is 30.6 Å². The first-order valence-corrected chi connectivity index (χ1v) is 6.48. The van der Waals surface area contributed by atoms with E-state index in [0.717, 1.165) is 22.8 Å². The molecule has 104 valence electrons. The maximum absolute atomic E-state index is 4.39. The van der Waals surface area contributed by atoms with Crippen molar-refractivity contribution in [2.24, 2.45) is 0 Å². The Balaban J connectivity index is 1.80. The van der Waals surface area contributed by atoms with Crippen LogP contribution in [0.4, 0.5) is 17.5 Å². The molecule has 0 aliphatic rings. The van der Waals surface area contributed by atoms with Gasteiger partial charge in [-0.25, -0.2) is 15.0 Å². The molecular weight excluding hydrogens is 264 g/mol. The highest BCUT2D eigenvalue weighted by Crippen LogP contribution is 2.22. The summed E-state index contributed by atoms with van der Waals surface area (Å²) < 4.78 is 0. The summed E-state index contributed by atoms with van der Waals surface area (Å²) in [5, 5.41) is 6.12. The summed E-state index contributed by atoms with van der Waals surface area (Å²) in [6, 6.07) is 7.84. The molecule has 2 N–H and O–H groups in total. The zero-order chi connectivity index (χ0) is 14.5. The van der Waals surface area contributed by atoms with Gasteiger partial charge in [0, 0.05) is 37.4 Å². The van der Waals surface area contributed by atoms with E-state index >= 15 is 0 Å². The van der Waals surface area contributed by atoms with Crippen LogP contribution in [-0.2, 0) is 0 Å². The molecule has 0 radical (unpaired) electrons. The average molecular weight is 278 g/mol. The minimum Gasteiger partial charge on any atom is -0.373 e. The number of nitrogens with zero attached hydrogens (tertiary/aromatic N) is 4. The van der Waals surface area contributed by atoms with Crippen LogP contribution >= 0.6 is 0 Å². The topological polar surface area (TPSA) is 75.6 Å². The van der Waals surface area contributed by atoms with E-state index in [1.54, 1.807) is 24.8 Å². The Morgan fingerprint density at radius 1 is 0.762 bits per heavy atom. The van der Waals surface area contributed by atoms with Gasteiger partial charge in [0.15, 0.2) is 0 Å². The third-order valence-electron chi connectivity index (χ3n) is 2.93. The Morgan fingerprint density at radius 3 is 2.38 bits per heavy atom. The molecule has 0 bridgehead atoms. The predicted octanol–water partition coefficient (Wildman–Crippen LogP) is 2.72. The van der Waals surface area contributed by atoms with E-state index in [4.69, 9.17) is 0 Å². The lowest BCUT2D eigenvalue weighted by atomic mass is 10.1. The van der Waals surface area contributed by atoms with Gasteiger partial charge in [0.05, 0.1) is 6.20 Å². The third-order valence-corrected chi connectivity index (χ3v) is 2.93. The van der Waals surface area contributed by atoms with Crippen LogP contribution in [0.3, 0.4) is 0 Å². The molecule has 0 saturated heterocycles. The van der Waals surface area contributed by atoms with Crippen molar-refractivity contribution in [1.82, 2.24) is 19.9 Å². The van der Waals surface area contributed by atoms with Gasteiger partial charge in [-0.2, -0.15) is 0 Å². The van der Waals surface area contributed by atoms with Crippen LogP contribution < -0.4 is 10.6 Å². The third kappa shape index (κ3) is 3.11. The van der Waals surface area contributed by atoms with Crippen LogP contribution in [0.2, 0.25) is 0 Å². The Hall–Kier alpha value is -3.02. The number of hydrogen-bond acceptors (Lipinski definition) is 6. The Labute approximate surface area is 122 Å². The van der Waals surface area contributed by atoms with Crippen molar-refractivity contribution in [3.63, 3.8) is 0 Å². The fourth-order valence-electron chi connectivity index (χ4n) is 1.88. The van der Waals surface area contributed by atoms with Gasteiger partial charge in [-0.05, 0) is 29.8 Å². The highest BCUT2D eigenvalue weighted by molar-refractivity contribution is 5.67. The fourth-order valence-corrected chi connectivity index (χ4v) is 1.88. The molecule has 3 aromatic heterocycles. The maximum Gasteiger partial charge on any atom is 0.150 e. The SMILES string of the molecule is CNc1cc(-c2ccc(Nc3cnccn3)nc2)ccn1. The standard InChI is InChI=1S/C15H14N6/c1-16-14-8-11(4-5-18-14)12-2-3-13(20-9-12)21-15-10-17-6-7-19-15/h2-10H,1H3,(H,16,18)(H,19,20,21). The zero-order valence-corrected chi connectivity index (χ0v) is 11.5. The second-order valence-electron chi connectivity index (χ2n) is 4.33. The average Bonchev–Trinajstić information content (AvgIpc) is 2.56. The lowest BCUT2D eigenvalue weighted by Gasteiger charge is -2.06. The molecule has 6 nitrogen and oxygen atoms in total. The number of aromatic nitrogens is 4. The van der Waals surface area contributed by atoms with Gasteiger partial charge in [0.2, 0.25) is 0 Å². The molecule has 0 aromatic carbocycles. The zero-order valence-electron chi connectivity index (χ0n) is 11.5. The van der Waals surface area contributed by atoms with Gasteiger partial charge in [0.25, 0.3) is 0 Å². The molecule has 0 fully saturated rings. The Kier molecular flexibility index (Phi) is 3.68. The van der Waals surface area contributed by atoms with Gasteiger partial charge < -0.3 is 10.6 Å². The Morgan fingerprint density at radius 2 is 1.67 bits per heavy atom. The molecule has 21 heavy (non-hydrogen) atoms. The first kappa shape index (κ1) is 13.0. The summed E-state index contributed by atoms with van der Waals surface area (Å²) in [7, 11) is 1.85. The normalized spacial score (nSPS) is 10.1. The summed E-state index contributed by atoms with van der Waals surface area (Å²) in [6.07, 6.45) is 8.50. The summed E-state index contributed by atoms with van der Waals surface area (Å²) >= 11 is 0. The molecule has 0 unspecified atom stereocenters. The van der Waals surface area contributed by atoms with Crippen LogP contribution in [0.25, 0.3) is 11.1 Å². The Bertz CT molecular complexity index is 712. The van der Waals surface area contributed by atoms with E-state index in [1.165, 1.54) is 0 Å².